The number of carbonyl (C=O) groups excluding carboxylic acids is 1. The number of ether oxygens (including phenoxy) is 1. The van der Waals surface area contributed by atoms with Gasteiger partial charge < -0.3 is 10.5 Å². The van der Waals surface area contributed by atoms with Gasteiger partial charge in [-0.3, -0.25) is 4.98 Å². The highest BCUT2D eigenvalue weighted by molar-refractivity contribution is 9.10. The summed E-state index contributed by atoms with van der Waals surface area (Å²) in [6.07, 6.45) is 2.88. The van der Waals surface area contributed by atoms with E-state index in [9.17, 15) is 4.79 Å². The number of esters is 1. The largest absolute Gasteiger partial charge is 0.465 e. The van der Waals surface area contributed by atoms with Gasteiger partial charge in [-0.15, -0.1) is 0 Å². The molecule has 0 fully saturated rings. The molecule has 2 N–H and O–H groups in total. The van der Waals surface area contributed by atoms with Crippen LogP contribution in [-0.2, 0) is 4.74 Å². The Morgan fingerprint density at radius 2 is 2.33 bits per heavy atom. The number of hydrogen-bond donors (Lipinski definition) is 1. The van der Waals surface area contributed by atoms with Crippen LogP contribution in [0.4, 0.5) is 5.69 Å². The first-order chi connectivity index (χ1) is 5.66. The van der Waals surface area contributed by atoms with E-state index in [2.05, 4.69) is 25.7 Å². The van der Waals surface area contributed by atoms with Crippen LogP contribution in [0, 0.1) is 0 Å². The number of methoxy groups -OCH3 is 1. The lowest BCUT2D eigenvalue weighted by Crippen LogP contribution is -2.06. The summed E-state index contributed by atoms with van der Waals surface area (Å²) in [4.78, 5) is 14.8. The van der Waals surface area contributed by atoms with E-state index in [0.29, 0.717) is 10.2 Å². The third-order valence-electron chi connectivity index (χ3n) is 1.34. The summed E-state index contributed by atoms with van der Waals surface area (Å²) < 4.78 is 5.08. The average molecular weight is 231 g/mol. The molecule has 1 rings (SSSR count). The van der Waals surface area contributed by atoms with E-state index in [1.165, 1.54) is 19.5 Å². The van der Waals surface area contributed by atoms with Crippen molar-refractivity contribution in [3.05, 3.63) is 22.4 Å². The lowest BCUT2D eigenvalue weighted by atomic mass is 10.2. The molecule has 0 radical (unpaired) electrons. The van der Waals surface area contributed by atoms with Gasteiger partial charge in [0.1, 0.15) is 5.56 Å². The zero-order valence-electron chi connectivity index (χ0n) is 6.37. The number of rotatable bonds is 1. The van der Waals surface area contributed by atoms with E-state index in [-0.39, 0.29) is 5.56 Å². The van der Waals surface area contributed by atoms with Crippen LogP contribution in [-0.4, -0.2) is 18.1 Å². The van der Waals surface area contributed by atoms with Gasteiger partial charge in [0.2, 0.25) is 0 Å². The Hall–Kier alpha value is -1.10. The predicted molar refractivity (Wildman–Crippen MR) is 47.7 cm³/mol. The number of anilines is 1. The molecule has 0 atom stereocenters. The average Bonchev–Trinajstić information content (AvgIpc) is 2.08. The van der Waals surface area contributed by atoms with E-state index < -0.39 is 5.97 Å². The summed E-state index contributed by atoms with van der Waals surface area (Å²) in [6, 6.07) is 0. The topological polar surface area (TPSA) is 65.2 Å². The zero-order valence-corrected chi connectivity index (χ0v) is 7.96. The van der Waals surface area contributed by atoms with Gasteiger partial charge in [0.25, 0.3) is 0 Å². The Balaban J connectivity index is 3.16. The molecule has 0 aliphatic rings. The highest BCUT2D eigenvalue weighted by Gasteiger charge is 2.11. The summed E-state index contributed by atoms with van der Waals surface area (Å²) >= 11 is 3.15. The number of nitrogens with two attached hydrogens (primary N) is 1. The molecule has 12 heavy (non-hydrogen) atoms. The van der Waals surface area contributed by atoms with Gasteiger partial charge in [0.05, 0.1) is 17.3 Å². The van der Waals surface area contributed by atoms with Crippen molar-refractivity contribution in [2.24, 2.45) is 0 Å². The molecule has 0 aliphatic carbocycles. The minimum Gasteiger partial charge on any atom is -0.465 e. The van der Waals surface area contributed by atoms with Gasteiger partial charge in [0.15, 0.2) is 0 Å². The van der Waals surface area contributed by atoms with Gasteiger partial charge in [-0.2, -0.15) is 0 Å². The van der Waals surface area contributed by atoms with E-state index in [1.54, 1.807) is 0 Å². The maximum absolute atomic E-state index is 11.0. The monoisotopic (exact) mass is 230 g/mol. The summed E-state index contributed by atoms with van der Waals surface area (Å²) in [5, 5.41) is 0. The molecular weight excluding hydrogens is 224 g/mol. The smallest absolute Gasteiger partial charge is 0.341 e. The van der Waals surface area contributed by atoms with Crippen molar-refractivity contribution in [3.63, 3.8) is 0 Å². The summed E-state index contributed by atoms with van der Waals surface area (Å²) in [5.74, 6) is -0.485. The van der Waals surface area contributed by atoms with Gasteiger partial charge in [-0.05, 0) is 15.9 Å². The first kappa shape index (κ1) is 8.99. The van der Waals surface area contributed by atoms with Gasteiger partial charge in [-0.1, -0.05) is 0 Å². The lowest BCUT2D eigenvalue weighted by Gasteiger charge is -2.03. The molecule has 0 amide bonds. The molecule has 4 nitrogen and oxygen atoms in total. The van der Waals surface area contributed by atoms with Crippen LogP contribution in [0.15, 0.2) is 16.9 Å². The second-order valence-corrected chi connectivity index (χ2v) is 2.93. The molecule has 0 unspecified atom stereocenters. The Morgan fingerprint density at radius 3 is 2.92 bits per heavy atom. The van der Waals surface area contributed by atoms with E-state index in [0.717, 1.165) is 0 Å². The number of halogens is 1. The van der Waals surface area contributed by atoms with Crippen LogP contribution in [0.3, 0.4) is 0 Å². The molecule has 0 aromatic carbocycles. The molecule has 1 aromatic heterocycles. The number of hydrogen-bond acceptors (Lipinski definition) is 4. The minimum absolute atomic E-state index is 0.270. The van der Waals surface area contributed by atoms with Crippen LogP contribution < -0.4 is 5.73 Å². The number of nitrogens with zero attached hydrogens (tertiary/aromatic N) is 1. The second-order valence-electron chi connectivity index (χ2n) is 2.07. The van der Waals surface area contributed by atoms with Crippen LogP contribution in [0.5, 0.6) is 0 Å². The third kappa shape index (κ3) is 1.55. The third-order valence-corrected chi connectivity index (χ3v) is 1.98. The molecule has 5 heteroatoms. The molecule has 0 aliphatic heterocycles. The number of carbonyl (C=O) groups is 1. The van der Waals surface area contributed by atoms with Gasteiger partial charge in [0, 0.05) is 12.4 Å². The normalized spacial score (nSPS) is 9.50. The molecule has 0 spiro atoms. The Labute approximate surface area is 77.9 Å². The fraction of sp³-hybridized carbons (Fsp3) is 0.143. The van der Waals surface area contributed by atoms with E-state index in [1.807, 2.05) is 0 Å². The molecule has 0 saturated carbocycles. The van der Waals surface area contributed by atoms with Crippen LogP contribution in [0.2, 0.25) is 0 Å². The molecule has 1 heterocycles. The SMILES string of the molecule is COC(=O)c1cncc(Br)c1N. The number of aromatic nitrogens is 1. The second kappa shape index (κ2) is 3.53. The van der Waals surface area contributed by atoms with Gasteiger partial charge >= 0.3 is 5.97 Å². The Morgan fingerprint density at radius 1 is 1.67 bits per heavy atom. The first-order valence-electron chi connectivity index (χ1n) is 3.14. The van der Waals surface area contributed by atoms with Crippen LogP contribution in [0.1, 0.15) is 10.4 Å². The first-order valence-corrected chi connectivity index (χ1v) is 3.93. The van der Waals surface area contributed by atoms with Crippen molar-refractivity contribution in [1.29, 1.82) is 0 Å². The maximum Gasteiger partial charge on any atom is 0.341 e. The molecule has 0 bridgehead atoms. The van der Waals surface area contributed by atoms with Crippen LogP contribution in [0.25, 0.3) is 0 Å². The predicted octanol–water partition coefficient (Wildman–Crippen LogP) is 1.21. The number of nitrogen functional groups attached to an aromatic ring is 1. The minimum atomic E-state index is -0.485. The molecular formula is C7H7BrN2O2. The summed E-state index contributed by atoms with van der Waals surface area (Å²) in [6.45, 7) is 0. The standard InChI is InChI=1S/C7H7BrN2O2/c1-12-7(11)4-2-10-3-5(8)6(4)9/h2-3H,1H3,(H2,9,10). The lowest BCUT2D eigenvalue weighted by molar-refractivity contribution is 0.0601. The highest BCUT2D eigenvalue weighted by Crippen LogP contribution is 2.21. The zero-order chi connectivity index (χ0) is 9.14. The highest BCUT2D eigenvalue weighted by atomic mass is 79.9. The van der Waals surface area contributed by atoms with E-state index in [4.69, 9.17) is 5.73 Å². The van der Waals surface area contributed by atoms with E-state index >= 15 is 0 Å². The summed E-state index contributed by atoms with van der Waals surface area (Å²) in [5.41, 5.74) is 6.19. The molecule has 64 valence electrons. The fourth-order valence-corrected chi connectivity index (χ4v) is 1.05. The fourth-order valence-electron chi connectivity index (χ4n) is 0.718. The van der Waals surface area contributed by atoms with Crippen molar-refractivity contribution in [3.8, 4) is 0 Å². The molecule has 0 saturated heterocycles. The quantitative estimate of drug-likeness (QED) is 0.737. The van der Waals surface area contributed by atoms with Crippen LogP contribution >= 0.6 is 15.9 Å². The molecule has 1 aromatic rings. The van der Waals surface area contributed by atoms with Crippen molar-refractivity contribution < 1.29 is 9.53 Å². The number of pyridine rings is 1. The Kier molecular flexibility index (Phi) is 2.65. The Bertz CT molecular complexity index is 314. The van der Waals surface area contributed by atoms with Crippen molar-refractivity contribution in [1.82, 2.24) is 4.98 Å². The van der Waals surface area contributed by atoms with Crippen molar-refractivity contribution in [2.75, 3.05) is 12.8 Å². The van der Waals surface area contributed by atoms with Crippen molar-refractivity contribution in [2.45, 2.75) is 0 Å². The van der Waals surface area contributed by atoms with Crippen molar-refractivity contribution >= 4 is 27.6 Å². The summed E-state index contributed by atoms with van der Waals surface area (Å²) in [7, 11) is 1.29. The van der Waals surface area contributed by atoms with Gasteiger partial charge in [-0.25, -0.2) is 4.79 Å². The maximum atomic E-state index is 11.0.